The van der Waals surface area contributed by atoms with Crippen LogP contribution in [0.4, 0.5) is 8.78 Å². The van der Waals surface area contributed by atoms with Crippen molar-refractivity contribution in [3.05, 3.63) is 35.4 Å². The Morgan fingerprint density at radius 3 is 2.54 bits per heavy atom. The van der Waals surface area contributed by atoms with Crippen molar-refractivity contribution in [3.8, 4) is 0 Å². The smallest absolute Gasteiger partial charge is 0.234 e. The first-order valence-corrected chi connectivity index (χ1v) is 10.4. The van der Waals surface area contributed by atoms with E-state index in [1.807, 2.05) is 4.90 Å². The summed E-state index contributed by atoms with van der Waals surface area (Å²) in [6.07, 6.45) is 4.52. The summed E-state index contributed by atoms with van der Waals surface area (Å²) in [4.78, 5) is 27.0. The van der Waals surface area contributed by atoms with Gasteiger partial charge < -0.3 is 5.32 Å². The maximum atomic E-state index is 13.9. The van der Waals surface area contributed by atoms with Gasteiger partial charge in [-0.25, -0.2) is 8.78 Å². The molecule has 4 nitrogen and oxygen atoms in total. The third-order valence-corrected chi connectivity index (χ3v) is 6.57. The van der Waals surface area contributed by atoms with E-state index in [9.17, 15) is 18.4 Å². The molecule has 1 saturated heterocycles. The van der Waals surface area contributed by atoms with Crippen LogP contribution >= 0.6 is 0 Å². The van der Waals surface area contributed by atoms with E-state index in [2.05, 4.69) is 19.2 Å². The number of rotatable bonds is 5. The number of piperidine rings is 1. The second kappa shape index (κ2) is 9.12. The third-order valence-electron chi connectivity index (χ3n) is 6.57. The van der Waals surface area contributed by atoms with Crippen molar-refractivity contribution < 1.29 is 18.4 Å². The summed E-state index contributed by atoms with van der Waals surface area (Å²) in [5, 5.41) is 3.18. The fourth-order valence-electron chi connectivity index (χ4n) is 4.50. The van der Waals surface area contributed by atoms with Crippen molar-refractivity contribution in [2.75, 3.05) is 19.6 Å². The number of Topliss-reactive ketones (excluding diaryl/α,β-unsaturated/α-hetero) is 1. The second-order valence-electron chi connectivity index (χ2n) is 8.48. The molecule has 1 heterocycles. The predicted octanol–water partition coefficient (Wildman–Crippen LogP) is 3.80. The van der Waals surface area contributed by atoms with Gasteiger partial charge in [-0.15, -0.1) is 0 Å². The number of nitrogens with zero attached hydrogens (tertiary/aromatic N) is 1. The minimum absolute atomic E-state index is 0.0342. The summed E-state index contributed by atoms with van der Waals surface area (Å²) in [6, 6.07) is 3.23. The molecule has 1 aliphatic heterocycles. The Bertz CT molecular complexity index is 716. The molecular formula is C22H30F2N2O2. The fraction of sp³-hybridized carbons (Fsp3) is 0.636. The van der Waals surface area contributed by atoms with Crippen molar-refractivity contribution in [2.24, 2.45) is 17.8 Å². The molecule has 3 rings (SSSR count). The van der Waals surface area contributed by atoms with Crippen LogP contribution in [0.3, 0.4) is 0 Å². The highest BCUT2D eigenvalue weighted by Crippen LogP contribution is 2.29. The summed E-state index contributed by atoms with van der Waals surface area (Å²) in [5.41, 5.74) is -0.170. The fourth-order valence-corrected chi connectivity index (χ4v) is 4.50. The Kier molecular flexibility index (Phi) is 6.81. The minimum atomic E-state index is -0.677. The SMILES string of the molecule is C[C@H]1[C@H](C)CCC[C@H]1NC(=O)CN1CCC(C(=O)c2cc(F)ccc2F)CC1. The van der Waals surface area contributed by atoms with E-state index in [0.29, 0.717) is 44.3 Å². The monoisotopic (exact) mass is 392 g/mol. The van der Waals surface area contributed by atoms with E-state index >= 15 is 0 Å². The molecule has 1 N–H and O–H groups in total. The van der Waals surface area contributed by atoms with Gasteiger partial charge in [-0.3, -0.25) is 14.5 Å². The number of nitrogens with one attached hydrogen (secondary N) is 1. The summed E-state index contributed by atoms with van der Waals surface area (Å²) >= 11 is 0. The number of likely N-dealkylation sites (tertiary alicyclic amines) is 1. The normalized spacial score (nSPS) is 26.8. The number of carbonyl (C=O) groups is 2. The number of amides is 1. The lowest BCUT2D eigenvalue weighted by molar-refractivity contribution is -0.124. The zero-order valence-electron chi connectivity index (χ0n) is 16.7. The highest BCUT2D eigenvalue weighted by atomic mass is 19.1. The minimum Gasteiger partial charge on any atom is -0.352 e. The quantitative estimate of drug-likeness (QED) is 0.776. The van der Waals surface area contributed by atoms with Gasteiger partial charge in [0.25, 0.3) is 0 Å². The van der Waals surface area contributed by atoms with Crippen LogP contribution in [-0.4, -0.2) is 42.3 Å². The van der Waals surface area contributed by atoms with Gasteiger partial charge in [0.05, 0.1) is 12.1 Å². The van der Waals surface area contributed by atoms with E-state index < -0.39 is 11.6 Å². The molecule has 0 bridgehead atoms. The van der Waals surface area contributed by atoms with E-state index in [1.54, 1.807) is 0 Å². The van der Waals surface area contributed by atoms with Crippen molar-refractivity contribution >= 4 is 11.7 Å². The van der Waals surface area contributed by atoms with Gasteiger partial charge in [0, 0.05) is 12.0 Å². The maximum absolute atomic E-state index is 13.9. The van der Waals surface area contributed by atoms with Crippen LogP contribution in [-0.2, 0) is 4.79 Å². The molecule has 0 radical (unpaired) electrons. The zero-order chi connectivity index (χ0) is 20.3. The maximum Gasteiger partial charge on any atom is 0.234 e. The molecule has 1 saturated carbocycles. The molecule has 6 heteroatoms. The van der Waals surface area contributed by atoms with Gasteiger partial charge in [-0.1, -0.05) is 26.7 Å². The first-order chi connectivity index (χ1) is 13.3. The van der Waals surface area contributed by atoms with Crippen molar-refractivity contribution in [1.82, 2.24) is 10.2 Å². The molecule has 154 valence electrons. The highest BCUT2D eigenvalue weighted by Gasteiger charge is 2.30. The van der Waals surface area contributed by atoms with Crippen LogP contribution in [0.25, 0.3) is 0 Å². The van der Waals surface area contributed by atoms with Crippen LogP contribution in [0.1, 0.15) is 56.3 Å². The average molecular weight is 392 g/mol. The number of carbonyl (C=O) groups excluding carboxylic acids is 2. The molecule has 1 aliphatic carbocycles. The average Bonchev–Trinajstić information content (AvgIpc) is 2.67. The molecule has 1 amide bonds. The second-order valence-corrected chi connectivity index (χ2v) is 8.48. The predicted molar refractivity (Wildman–Crippen MR) is 104 cm³/mol. The number of hydrogen-bond acceptors (Lipinski definition) is 3. The number of benzene rings is 1. The molecule has 2 fully saturated rings. The van der Waals surface area contributed by atoms with Crippen LogP contribution in [0, 0.1) is 29.4 Å². The van der Waals surface area contributed by atoms with Crippen LogP contribution in [0.2, 0.25) is 0 Å². The van der Waals surface area contributed by atoms with E-state index in [4.69, 9.17) is 0 Å². The molecule has 3 atom stereocenters. The van der Waals surface area contributed by atoms with E-state index in [1.165, 1.54) is 6.42 Å². The highest BCUT2D eigenvalue weighted by molar-refractivity contribution is 5.98. The van der Waals surface area contributed by atoms with Crippen LogP contribution in [0.5, 0.6) is 0 Å². The van der Waals surface area contributed by atoms with Crippen LogP contribution in [0.15, 0.2) is 18.2 Å². The molecular weight excluding hydrogens is 362 g/mol. The van der Waals surface area contributed by atoms with Crippen molar-refractivity contribution in [3.63, 3.8) is 0 Å². The number of ketones is 1. The van der Waals surface area contributed by atoms with Gasteiger partial charge in [-0.2, -0.15) is 0 Å². The summed E-state index contributed by atoms with van der Waals surface area (Å²) in [5.74, 6) is -0.798. The lowest BCUT2D eigenvalue weighted by Crippen LogP contribution is -2.48. The molecule has 0 aromatic heterocycles. The van der Waals surface area contributed by atoms with Gasteiger partial charge >= 0.3 is 0 Å². The molecule has 0 spiro atoms. The number of hydrogen-bond donors (Lipinski definition) is 1. The molecule has 0 unspecified atom stereocenters. The first kappa shape index (κ1) is 20.9. The van der Waals surface area contributed by atoms with Gasteiger partial charge in [0.15, 0.2) is 5.78 Å². The lowest BCUT2D eigenvalue weighted by Gasteiger charge is -2.36. The first-order valence-electron chi connectivity index (χ1n) is 10.4. The summed E-state index contributed by atoms with van der Waals surface area (Å²) in [6.45, 7) is 5.99. The van der Waals surface area contributed by atoms with Crippen molar-refractivity contribution in [1.29, 1.82) is 0 Å². The number of halogens is 2. The Morgan fingerprint density at radius 1 is 1.11 bits per heavy atom. The Morgan fingerprint density at radius 2 is 1.82 bits per heavy atom. The van der Waals surface area contributed by atoms with Gasteiger partial charge in [0.2, 0.25) is 5.91 Å². The van der Waals surface area contributed by atoms with Crippen molar-refractivity contribution in [2.45, 2.75) is 52.0 Å². The third kappa shape index (κ3) is 4.96. The Balaban J connectivity index is 1.48. The van der Waals surface area contributed by atoms with E-state index in [0.717, 1.165) is 31.0 Å². The summed E-state index contributed by atoms with van der Waals surface area (Å²) in [7, 11) is 0. The molecule has 1 aromatic carbocycles. The molecule has 28 heavy (non-hydrogen) atoms. The lowest BCUT2D eigenvalue weighted by atomic mass is 9.78. The van der Waals surface area contributed by atoms with Gasteiger partial charge in [0.1, 0.15) is 11.6 Å². The van der Waals surface area contributed by atoms with Crippen LogP contribution < -0.4 is 5.32 Å². The zero-order valence-corrected chi connectivity index (χ0v) is 16.7. The standard InChI is InChI=1S/C22H30F2N2O2/c1-14-4-3-5-20(15(14)2)25-21(27)13-26-10-8-16(9-11-26)22(28)18-12-17(23)6-7-19(18)24/h6-7,12,14-16,20H,3-5,8-11,13H2,1-2H3,(H,25,27)/t14-,15+,20-/m1/s1. The molecule has 1 aromatic rings. The van der Waals surface area contributed by atoms with E-state index in [-0.39, 0.29) is 29.2 Å². The Labute approximate surface area is 165 Å². The topological polar surface area (TPSA) is 49.4 Å². The largest absolute Gasteiger partial charge is 0.352 e. The molecule has 2 aliphatic rings. The Hall–Kier alpha value is -1.82. The summed E-state index contributed by atoms with van der Waals surface area (Å²) < 4.78 is 27.2. The van der Waals surface area contributed by atoms with Gasteiger partial charge in [-0.05, 0) is 62.4 Å².